The first-order valence-electron chi connectivity index (χ1n) is 13.2. The van der Waals surface area contributed by atoms with Gasteiger partial charge in [-0.25, -0.2) is 0 Å². The van der Waals surface area contributed by atoms with Crippen molar-refractivity contribution in [3.63, 3.8) is 0 Å². The second-order valence-electron chi connectivity index (χ2n) is 9.47. The molecule has 2 saturated carbocycles. The van der Waals surface area contributed by atoms with Crippen molar-refractivity contribution in [3.05, 3.63) is 147 Å². The normalized spacial score (nSPS) is 16.4. The Labute approximate surface area is 258 Å². The zero-order valence-electron chi connectivity index (χ0n) is 22.9. The molecule has 2 heterocycles. The molecule has 2 fully saturated rings. The number of amides is 1. The van der Waals surface area contributed by atoms with E-state index < -0.39 is 11.7 Å². The number of aromatic nitrogens is 3. The number of benzene rings is 2. The van der Waals surface area contributed by atoms with Gasteiger partial charge in [-0.3, -0.25) is 19.1 Å². The molecule has 9 heteroatoms. The number of ether oxygens (including phenoxy) is 1. The van der Waals surface area contributed by atoms with Gasteiger partial charge in [-0.1, -0.05) is 22.9 Å². The zero-order valence-corrected chi connectivity index (χ0v) is 24.0. The maximum absolute atomic E-state index is 12.4. The molecule has 0 N–H and O–H groups in total. The largest absolute Gasteiger partial charge is 2.00 e. The molecule has 2 aliphatic carbocycles. The Morgan fingerprint density at radius 1 is 0.905 bits per heavy atom. The fourth-order valence-corrected chi connectivity index (χ4v) is 4.31. The number of Topliss-reactive ketones (excluding diaryl/α,β-unsaturated/α-hetero) is 1. The average Bonchev–Trinajstić information content (AvgIpc) is 3.82. The molecule has 0 atom stereocenters. The van der Waals surface area contributed by atoms with Gasteiger partial charge in [-0.2, -0.15) is 0 Å². The summed E-state index contributed by atoms with van der Waals surface area (Å²) in [5, 5.41) is 8.21. The summed E-state index contributed by atoms with van der Waals surface area (Å²) in [4.78, 5) is 38.5. The number of carbonyl (C=O) groups is 3. The van der Waals surface area contributed by atoms with Gasteiger partial charge < -0.3 is 9.64 Å². The number of anilines is 1. The summed E-state index contributed by atoms with van der Waals surface area (Å²) in [6.45, 7) is 2.78. The first kappa shape index (κ1) is 31.4. The van der Waals surface area contributed by atoms with Crippen LogP contribution in [0.25, 0.3) is 0 Å². The Morgan fingerprint density at radius 2 is 1.60 bits per heavy atom. The minimum atomic E-state index is -0.525. The van der Waals surface area contributed by atoms with E-state index in [2.05, 4.69) is 10.3 Å². The van der Waals surface area contributed by atoms with Crippen molar-refractivity contribution in [1.82, 2.24) is 15.0 Å². The smallest absolute Gasteiger partial charge is 0.487 e. The summed E-state index contributed by atoms with van der Waals surface area (Å²) in [5.74, 6) is 0.502. The van der Waals surface area contributed by atoms with Crippen LogP contribution in [-0.2, 0) is 35.0 Å². The van der Waals surface area contributed by atoms with Crippen LogP contribution >= 0.6 is 0 Å². The van der Waals surface area contributed by atoms with Crippen LogP contribution in [0.15, 0.2) is 60.8 Å². The van der Waals surface area contributed by atoms with Gasteiger partial charge in [0.15, 0.2) is 5.78 Å². The Kier molecular flexibility index (Phi) is 11.3. The molecule has 3 aromatic rings. The van der Waals surface area contributed by atoms with E-state index in [1.54, 1.807) is 59.4 Å². The van der Waals surface area contributed by atoms with Crippen LogP contribution in [0.1, 0.15) is 32.0 Å². The summed E-state index contributed by atoms with van der Waals surface area (Å²) in [6.07, 6.45) is 22.8. The van der Waals surface area contributed by atoms with Gasteiger partial charge in [-0.05, 0) is 107 Å². The summed E-state index contributed by atoms with van der Waals surface area (Å²) in [6, 6.07) is 12.3. The second kappa shape index (κ2) is 15.1. The fraction of sp³-hybridized carbons (Fsp3) is 0.121. The number of hydrogen-bond donors (Lipinski definition) is 0. The number of allylic oxidation sites excluding steroid dienone is 2. The van der Waals surface area contributed by atoms with E-state index in [0.29, 0.717) is 41.3 Å². The van der Waals surface area contributed by atoms with E-state index in [4.69, 9.17) is 4.74 Å². The third-order valence-electron chi connectivity index (χ3n) is 6.46. The van der Waals surface area contributed by atoms with E-state index in [9.17, 15) is 14.4 Å². The number of fused-ring (bicyclic) bond motifs is 1. The minimum absolute atomic E-state index is 0. The van der Waals surface area contributed by atoms with Gasteiger partial charge in [0.25, 0.3) is 11.7 Å². The number of ketones is 2. The molecule has 0 spiro atoms. The predicted molar refractivity (Wildman–Crippen MR) is 154 cm³/mol. The molecular weight excluding hydrogens is 572 g/mol. The van der Waals surface area contributed by atoms with Crippen LogP contribution in [0.5, 0.6) is 5.75 Å². The standard InChI is InChI=1S/C28H23N4O4.C5H5.Fe/c1-19-6-12-25-24(16-19)27(34)28(35)32(25)15-14-31-17-22(29-30-31)18-36-23-10-8-21(9-11-23)26(33)13-7-20-4-2-3-5-20;1-2-4-5-3-1;/h2-13,16-17H,14-15,18H2,1H3;1-5H;/q;;+2/b13-7+;;. The van der Waals surface area contributed by atoms with E-state index in [-0.39, 0.29) is 29.5 Å². The predicted octanol–water partition coefficient (Wildman–Crippen LogP) is 4.56. The van der Waals surface area contributed by atoms with Gasteiger partial charge in [0.2, 0.25) is 0 Å². The molecule has 210 valence electrons. The Balaban J connectivity index is 0.000000612. The average molecular weight is 600 g/mol. The van der Waals surface area contributed by atoms with Gasteiger partial charge in [0, 0.05) is 18.0 Å². The topological polar surface area (TPSA) is 94.4 Å². The van der Waals surface area contributed by atoms with Crippen LogP contribution in [0.3, 0.4) is 0 Å². The molecule has 10 radical (unpaired) electrons. The number of rotatable bonds is 9. The van der Waals surface area contributed by atoms with Gasteiger partial charge in [-0.15, -0.1) is 5.10 Å². The van der Waals surface area contributed by atoms with Crippen LogP contribution in [0.2, 0.25) is 0 Å². The van der Waals surface area contributed by atoms with E-state index >= 15 is 0 Å². The van der Waals surface area contributed by atoms with Crippen molar-refractivity contribution in [3.8, 4) is 5.75 Å². The maximum Gasteiger partial charge on any atom is 2.00 e. The van der Waals surface area contributed by atoms with Crippen molar-refractivity contribution in [2.24, 2.45) is 0 Å². The quantitative estimate of drug-likeness (QED) is 0.155. The van der Waals surface area contributed by atoms with Crippen LogP contribution < -0.4 is 9.64 Å². The van der Waals surface area contributed by atoms with E-state index in [0.717, 1.165) is 11.5 Å². The molecule has 0 saturated heterocycles. The Hall–Kier alpha value is -3.55. The molecule has 2 aromatic carbocycles. The second-order valence-corrected chi connectivity index (χ2v) is 9.47. The van der Waals surface area contributed by atoms with Crippen molar-refractivity contribution in [2.75, 3.05) is 11.4 Å². The van der Waals surface area contributed by atoms with E-state index in [1.807, 2.05) is 70.8 Å². The first-order chi connectivity index (χ1) is 20.0. The van der Waals surface area contributed by atoms with E-state index in [1.165, 1.54) is 4.90 Å². The first-order valence-corrected chi connectivity index (χ1v) is 13.2. The number of nitrogens with zero attached hydrogens (tertiary/aromatic N) is 4. The summed E-state index contributed by atoms with van der Waals surface area (Å²) < 4.78 is 7.39. The summed E-state index contributed by atoms with van der Waals surface area (Å²) in [5.41, 5.74) is 3.20. The molecule has 8 nitrogen and oxygen atoms in total. The number of hydrogen-bond acceptors (Lipinski definition) is 6. The molecule has 42 heavy (non-hydrogen) atoms. The maximum atomic E-state index is 12.4. The van der Waals surface area contributed by atoms with Crippen molar-refractivity contribution < 1.29 is 36.2 Å². The van der Waals surface area contributed by atoms with Gasteiger partial charge >= 0.3 is 17.1 Å². The molecule has 0 bridgehead atoms. The molecule has 3 aliphatic rings. The summed E-state index contributed by atoms with van der Waals surface area (Å²) >= 11 is 0. The SMILES string of the molecule is Cc1ccc2c(c1)C(=O)C(=O)N2CCn1cc(COc2ccc(C(=O)/C=C/[C]3[CH][CH][CH][CH]3)cc2)nn1.[CH]1[CH][CH][CH][CH]1.[Fe+2]. The third kappa shape index (κ3) is 8.05. The van der Waals surface area contributed by atoms with Crippen LogP contribution in [-0.4, -0.2) is 39.0 Å². The van der Waals surface area contributed by atoms with Crippen molar-refractivity contribution in [1.29, 1.82) is 0 Å². The van der Waals surface area contributed by atoms with Crippen LogP contribution in [0, 0.1) is 70.6 Å². The van der Waals surface area contributed by atoms with Gasteiger partial charge in [0.05, 0.1) is 24.0 Å². The molecule has 1 amide bonds. The molecule has 1 aromatic heterocycles. The Morgan fingerprint density at radius 3 is 2.29 bits per heavy atom. The number of aryl methyl sites for hydroxylation is 1. The number of carbonyl (C=O) groups excluding carboxylic acids is 3. The molecule has 1 aliphatic heterocycles. The summed E-state index contributed by atoms with van der Waals surface area (Å²) in [7, 11) is 0. The monoisotopic (exact) mass is 600 g/mol. The fourth-order valence-electron chi connectivity index (χ4n) is 4.31. The molecule has 6 rings (SSSR count). The minimum Gasteiger partial charge on any atom is -0.487 e. The van der Waals surface area contributed by atoms with Crippen molar-refractivity contribution in [2.45, 2.75) is 20.1 Å². The molecule has 0 unspecified atom stereocenters. The zero-order chi connectivity index (χ0) is 28.6. The van der Waals surface area contributed by atoms with Gasteiger partial charge in [0.1, 0.15) is 18.1 Å². The van der Waals surface area contributed by atoms with Crippen molar-refractivity contribution >= 4 is 23.2 Å². The van der Waals surface area contributed by atoms with Crippen LogP contribution in [0.4, 0.5) is 5.69 Å². The molecular formula is C33H28FeN4O4+2. The third-order valence-corrected chi connectivity index (χ3v) is 6.46. The Bertz CT molecular complexity index is 1400.